The molecule has 1 aliphatic heterocycles. The smallest absolute Gasteiger partial charge is 0.236 e. The highest BCUT2D eigenvalue weighted by molar-refractivity contribution is 14.1. The highest BCUT2D eigenvalue weighted by atomic mass is 127. The fourth-order valence-electron chi connectivity index (χ4n) is 2.21. The van der Waals surface area contributed by atoms with Crippen LogP contribution in [0, 0.1) is 9.39 Å². The fourth-order valence-corrected chi connectivity index (χ4v) is 2.91. The monoisotopic (exact) mass is 392 g/mol. The van der Waals surface area contributed by atoms with E-state index in [-0.39, 0.29) is 11.7 Å². The van der Waals surface area contributed by atoms with Gasteiger partial charge in [0.2, 0.25) is 5.91 Å². The number of ether oxygens (including phenoxy) is 1. The van der Waals surface area contributed by atoms with Crippen LogP contribution < -0.4 is 0 Å². The molecule has 6 heteroatoms. The van der Waals surface area contributed by atoms with Crippen molar-refractivity contribution in [1.82, 2.24) is 9.80 Å². The van der Waals surface area contributed by atoms with Gasteiger partial charge < -0.3 is 9.64 Å². The molecule has 20 heavy (non-hydrogen) atoms. The van der Waals surface area contributed by atoms with Crippen LogP contribution in [0.2, 0.25) is 0 Å². The lowest BCUT2D eigenvalue weighted by Gasteiger charge is -2.28. The Hall–Kier alpha value is -0.730. The quantitative estimate of drug-likeness (QED) is 0.732. The van der Waals surface area contributed by atoms with E-state index >= 15 is 0 Å². The van der Waals surface area contributed by atoms with Crippen LogP contribution in [-0.2, 0) is 16.1 Å². The molecule has 0 atom stereocenters. The Balaban J connectivity index is 1.88. The van der Waals surface area contributed by atoms with Gasteiger partial charge in [-0.05, 0) is 53.4 Å². The maximum atomic E-state index is 13.3. The van der Waals surface area contributed by atoms with Crippen LogP contribution in [0.3, 0.4) is 0 Å². The van der Waals surface area contributed by atoms with Gasteiger partial charge in [0.15, 0.2) is 0 Å². The van der Waals surface area contributed by atoms with Crippen molar-refractivity contribution < 1.29 is 13.9 Å². The zero-order valence-electron chi connectivity index (χ0n) is 11.4. The summed E-state index contributed by atoms with van der Waals surface area (Å²) in [5, 5.41) is 0. The molecule has 0 bridgehead atoms. The third kappa shape index (κ3) is 4.68. The molecule has 2 rings (SSSR count). The second-order valence-electron chi connectivity index (χ2n) is 4.94. The van der Waals surface area contributed by atoms with E-state index in [1.165, 1.54) is 12.1 Å². The van der Waals surface area contributed by atoms with Crippen molar-refractivity contribution in [3.63, 3.8) is 0 Å². The lowest BCUT2D eigenvalue weighted by Crippen LogP contribution is -2.44. The molecular weight excluding hydrogens is 374 g/mol. The van der Waals surface area contributed by atoms with Gasteiger partial charge in [0.25, 0.3) is 0 Å². The van der Waals surface area contributed by atoms with E-state index in [0.717, 1.165) is 9.13 Å². The molecule has 0 saturated carbocycles. The number of morpholine rings is 1. The van der Waals surface area contributed by atoms with Crippen LogP contribution in [0.15, 0.2) is 18.2 Å². The first-order valence-electron chi connectivity index (χ1n) is 6.53. The van der Waals surface area contributed by atoms with Gasteiger partial charge in [0, 0.05) is 23.2 Å². The van der Waals surface area contributed by atoms with Crippen molar-refractivity contribution in [3.8, 4) is 0 Å². The van der Waals surface area contributed by atoms with Crippen molar-refractivity contribution in [2.24, 2.45) is 0 Å². The van der Waals surface area contributed by atoms with Crippen LogP contribution in [0.1, 0.15) is 5.56 Å². The third-order valence-electron chi connectivity index (χ3n) is 3.14. The first-order valence-corrected chi connectivity index (χ1v) is 7.61. The summed E-state index contributed by atoms with van der Waals surface area (Å²) >= 11 is 2.09. The van der Waals surface area contributed by atoms with Gasteiger partial charge in [-0.3, -0.25) is 9.69 Å². The fraction of sp³-hybridized carbons (Fsp3) is 0.500. The molecular formula is C14H18FIN2O2. The van der Waals surface area contributed by atoms with Crippen molar-refractivity contribution >= 4 is 28.5 Å². The second kappa shape index (κ2) is 7.33. The lowest BCUT2D eigenvalue weighted by atomic mass is 10.2. The normalized spacial score (nSPS) is 15.7. The van der Waals surface area contributed by atoms with Crippen LogP contribution in [0.25, 0.3) is 0 Å². The molecule has 0 unspecified atom stereocenters. The standard InChI is InChI=1S/C14H18FIN2O2/c1-17(9-11-6-12(15)8-13(16)7-11)10-14(19)18-2-4-20-5-3-18/h6-8H,2-5,9-10H2,1H3. The molecule has 0 N–H and O–H groups in total. The molecule has 1 aromatic carbocycles. The van der Waals surface area contributed by atoms with Crippen LogP contribution in [0.5, 0.6) is 0 Å². The number of halogens is 2. The zero-order chi connectivity index (χ0) is 14.5. The van der Waals surface area contributed by atoms with Gasteiger partial charge in [-0.25, -0.2) is 4.39 Å². The topological polar surface area (TPSA) is 32.8 Å². The summed E-state index contributed by atoms with van der Waals surface area (Å²) in [5.74, 6) is -0.137. The molecule has 1 aliphatic rings. The molecule has 1 heterocycles. The third-order valence-corrected chi connectivity index (χ3v) is 3.77. The van der Waals surface area contributed by atoms with Crippen molar-refractivity contribution in [2.45, 2.75) is 6.54 Å². The first kappa shape index (κ1) is 15.7. The number of carbonyl (C=O) groups is 1. The minimum absolute atomic E-state index is 0.0990. The molecule has 4 nitrogen and oxygen atoms in total. The summed E-state index contributed by atoms with van der Waals surface area (Å²) in [7, 11) is 1.87. The van der Waals surface area contributed by atoms with Crippen molar-refractivity contribution in [3.05, 3.63) is 33.1 Å². The van der Waals surface area contributed by atoms with Crippen molar-refractivity contribution in [1.29, 1.82) is 0 Å². The van der Waals surface area contributed by atoms with Gasteiger partial charge in [0.1, 0.15) is 5.82 Å². The van der Waals surface area contributed by atoms with Crippen molar-refractivity contribution in [2.75, 3.05) is 39.9 Å². The molecule has 0 aromatic heterocycles. The summed E-state index contributed by atoms with van der Waals surface area (Å²) in [4.78, 5) is 15.8. The van der Waals surface area contributed by atoms with E-state index in [1.807, 2.05) is 22.9 Å². The summed E-state index contributed by atoms with van der Waals surface area (Å²) in [5.41, 5.74) is 0.881. The Morgan fingerprint density at radius 1 is 1.40 bits per heavy atom. The Labute approximate surface area is 132 Å². The average molecular weight is 392 g/mol. The minimum atomic E-state index is -0.236. The summed E-state index contributed by atoms with van der Waals surface area (Å²) < 4.78 is 19.4. The van der Waals surface area contributed by atoms with E-state index in [2.05, 4.69) is 22.6 Å². The predicted octanol–water partition coefficient (Wildman–Crippen LogP) is 1.72. The summed E-state index contributed by atoms with van der Waals surface area (Å²) in [6.45, 7) is 3.43. The number of rotatable bonds is 4. The maximum Gasteiger partial charge on any atom is 0.236 e. The van der Waals surface area contributed by atoms with Gasteiger partial charge in [-0.15, -0.1) is 0 Å². The largest absolute Gasteiger partial charge is 0.378 e. The average Bonchev–Trinajstić information content (AvgIpc) is 2.38. The SMILES string of the molecule is CN(CC(=O)N1CCOCC1)Cc1cc(F)cc(I)c1. The number of carbonyl (C=O) groups excluding carboxylic acids is 1. The van der Waals surface area contributed by atoms with E-state index in [0.29, 0.717) is 39.4 Å². The Kier molecular flexibility index (Phi) is 5.74. The molecule has 110 valence electrons. The number of amides is 1. The molecule has 0 aliphatic carbocycles. The second-order valence-corrected chi connectivity index (χ2v) is 6.19. The highest BCUT2D eigenvalue weighted by Crippen LogP contribution is 2.13. The van der Waals surface area contributed by atoms with Crippen LogP contribution in [0.4, 0.5) is 4.39 Å². The van der Waals surface area contributed by atoms with Crippen LogP contribution in [-0.4, -0.2) is 55.6 Å². The number of benzene rings is 1. The lowest BCUT2D eigenvalue weighted by molar-refractivity contribution is -0.136. The molecule has 0 radical (unpaired) electrons. The number of likely N-dealkylation sites (N-methyl/N-ethyl adjacent to an activating group) is 1. The van der Waals surface area contributed by atoms with E-state index in [4.69, 9.17) is 4.74 Å². The summed E-state index contributed by atoms with van der Waals surface area (Å²) in [6.07, 6.45) is 0. The highest BCUT2D eigenvalue weighted by Gasteiger charge is 2.18. The number of hydrogen-bond acceptors (Lipinski definition) is 3. The van der Waals surface area contributed by atoms with E-state index < -0.39 is 0 Å². The van der Waals surface area contributed by atoms with E-state index in [1.54, 1.807) is 0 Å². The number of hydrogen-bond donors (Lipinski definition) is 0. The zero-order valence-corrected chi connectivity index (χ0v) is 13.6. The van der Waals surface area contributed by atoms with Gasteiger partial charge >= 0.3 is 0 Å². The van der Waals surface area contributed by atoms with Gasteiger partial charge in [-0.2, -0.15) is 0 Å². The molecule has 1 amide bonds. The number of nitrogens with zero attached hydrogens (tertiary/aromatic N) is 2. The molecule has 1 saturated heterocycles. The maximum absolute atomic E-state index is 13.3. The van der Waals surface area contributed by atoms with Crippen LogP contribution >= 0.6 is 22.6 Å². The summed E-state index contributed by atoms with van der Waals surface area (Å²) in [6, 6.07) is 4.93. The predicted molar refractivity (Wildman–Crippen MR) is 82.9 cm³/mol. The Morgan fingerprint density at radius 3 is 2.75 bits per heavy atom. The van der Waals surface area contributed by atoms with Gasteiger partial charge in [0.05, 0.1) is 19.8 Å². The molecule has 1 aromatic rings. The Bertz CT molecular complexity index is 458. The molecule has 1 fully saturated rings. The van der Waals surface area contributed by atoms with E-state index in [9.17, 15) is 9.18 Å². The Morgan fingerprint density at radius 2 is 2.10 bits per heavy atom. The van der Waals surface area contributed by atoms with Gasteiger partial charge in [-0.1, -0.05) is 0 Å². The minimum Gasteiger partial charge on any atom is -0.378 e. The molecule has 0 spiro atoms. The first-order chi connectivity index (χ1) is 9.54.